The van der Waals surface area contributed by atoms with E-state index in [1.54, 1.807) is 29.0 Å². The molecule has 2 atom stereocenters. The molecule has 3 aromatic carbocycles. The van der Waals surface area contributed by atoms with E-state index in [0.29, 0.717) is 74.0 Å². The van der Waals surface area contributed by atoms with Crippen LogP contribution in [0.1, 0.15) is 32.8 Å². The zero-order valence-corrected chi connectivity index (χ0v) is 31.4. The summed E-state index contributed by atoms with van der Waals surface area (Å²) in [4.78, 5) is 49.6. The van der Waals surface area contributed by atoms with Crippen LogP contribution in [0.2, 0.25) is 0 Å². The fraction of sp³-hybridized carbons (Fsp3) is 0.341. The van der Waals surface area contributed by atoms with Crippen LogP contribution in [-0.4, -0.2) is 83.0 Å². The maximum absolute atomic E-state index is 15.8. The van der Waals surface area contributed by atoms with Gasteiger partial charge in [-0.05, 0) is 81.3 Å². The molecule has 2 aromatic heterocycles. The molecule has 3 amide bonds. The first-order chi connectivity index (χ1) is 26.8. The van der Waals surface area contributed by atoms with Gasteiger partial charge < -0.3 is 34.2 Å². The number of methoxy groups -OCH3 is 1. The summed E-state index contributed by atoms with van der Waals surface area (Å²) < 4.78 is 48.2. The van der Waals surface area contributed by atoms with E-state index < -0.39 is 28.6 Å². The van der Waals surface area contributed by atoms with E-state index in [1.165, 1.54) is 41.3 Å². The van der Waals surface area contributed by atoms with Gasteiger partial charge in [0.15, 0.2) is 23.0 Å². The van der Waals surface area contributed by atoms with Crippen LogP contribution >= 0.6 is 0 Å². The number of nitrogens with one attached hydrogen (secondary N) is 1. The van der Waals surface area contributed by atoms with Crippen molar-refractivity contribution < 1.29 is 37.4 Å². The van der Waals surface area contributed by atoms with E-state index in [4.69, 9.17) is 19.3 Å². The van der Waals surface area contributed by atoms with Crippen molar-refractivity contribution in [2.24, 2.45) is 11.3 Å². The molecule has 0 bridgehead atoms. The van der Waals surface area contributed by atoms with Crippen molar-refractivity contribution in [2.45, 2.75) is 39.3 Å². The summed E-state index contributed by atoms with van der Waals surface area (Å²) in [7, 11) is 1.61. The molecule has 3 fully saturated rings. The summed E-state index contributed by atoms with van der Waals surface area (Å²) in [5.41, 5.74) is 0.290. The Morgan fingerprint density at radius 3 is 2.36 bits per heavy atom. The molecule has 290 valence electrons. The number of halogens is 2. The molecular weight excluding hydrogens is 724 g/mol. The number of anilines is 3. The number of piperazine rings is 1. The van der Waals surface area contributed by atoms with Crippen molar-refractivity contribution >= 4 is 46.1 Å². The molecule has 1 saturated carbocycles. The molecule has 0 radical (unpaired) electrons. The second-order valence-electron chi connectivity index (χ2n) is 15.3. The predicted octanol–water partition coefficient (Wildman–Crippen LogP) is 6.61. The molecule has 15 heteroatoms. The molecule has 5 aromatic rings. The number of pyridine rings is 1. The van der Waals surface area contributed by atoms with Gasteiger partial charge in [-0.15, -0.1) is 0 Å². The first-order valence-corrected chi connectivity index (χ1v) is 18.4. The summed E-state index contributed by atoms with van der Waals surface area (Å²) in [5.74, 6) is -0.710. The normalized spacial score (nSPS) is 19.2. The number of fused-ring (bicyclic) bond motifs is 2. The summed E-state index contributed by atoms with van der Waals surface area (Å²) in [6, 6.07) is 18.9. The van der Waals surface area contributed by atoms with Crippen LogP contribution in [0.5, 0.6) is 17.2 Å². The fourth-order valence-corrected chi connectivity index (χ4v) is 7.40. The number of nitrogens with zero attached hydrogens (tertiary/aromatic N) is 6. The highest BCUT2D eigenvalue weighted by Crippen LogP contribution is 2.60. The Morgan fingerprint density at radius 2 is 1.68 bits per heavy atom. The van der Waals surface area contributed by atoms with E-state index in [0.717, 1.165) is 17.4 Å². The predicted molar refractivity (Wildman–Crippen MR) is 204 cm³/mol. The summed E-state index contributed by atoms with van der Waals surface area (Å²) >= 11 is 0. The van der Waals surface area contributed by atoms with Gasteiger partial charge in [0.25, 0.3) is 0 Å². The smallest absolute Gasteiger partial charge is 0.410 e. The first kappa shape index (κ1) is 36.7. The molecule has 3 aliphatic rings. The number of amides is 3. The van der Waals surface area contributed by atoms with Crippen molar-refractivity contribution in [3.05, 3.63) is 96.2 Å². The summed E-state index contributed by atoms with van der Waals surface area (Å²) in [6.45, 7) is 7.92. The van der Waals surface area contributed by atoms with Gasteiger partial charge in [0.2, 0.25) is 11.8 Å². The van der Waals surface area contributed by atoms with Crippen molar-refractivity contribution in [3.63, 3.8) is 0 Å². The second-order valence-corrected chi connectivity index (χ2v) is 15.3. The number of carbonyl (C=O) groups is 3. The molecular formula is C41H41F2N7O6. The van der Waals surface area contributed by atoms with Gasteiger partial charge in [0, 0.05) is 68.3 Å². The minimum absolute atomic E-state index is 0.0963. The maximum atomic E-state index is 15.8. The molecule has 1 aliphatic carbocycles. The first-order valence-electron chi connectivity index (χ1n) is 18.4. The Balaban J connectivity index is 1.03. The fourth-order valence-electron chi connectivity index (χ4n) is 7.40. The topological polar surface area (TPSA) is 131 Å². The number of hydrogen-bond acceptors (Lipinski definition) is 9. The lowest BCUT2D eigenvalue weighted by atomic mass is 10.0. The summed E-state index contributed by atoms with van der Waals surface area (Å²) in [5, 5.41) is 8.27. The molecule has 4 heterocycles. The number of hydrogen-bond donors (Lipinski definition) is 1. The average Bonchev–Trinajstić information content (AvgIpc) is 3.69. The van der Waals surface area contributed by atoms with Gasteiger partial charge in [-0.3, -0.25) is 9.59 Å². The van der Waals surface area contributed by atoms with E-state index in [9.17, 15) is 18.8 Å². The van der Waals surface area contributed by atoms with E-state index in [-0.39, 0.29) is 29.4 Å². The second kappa shape index (κ2) is 14.1. The molecule has 2 saturated heterocycles. The van der Waals surface area contributed by atoms with Gasteiger partial charge in [-0.25, -0.2) is 23.2 Å². The zero-order valence-electron chi connectivity index (χ0n) is 31.4. The van der Waals surface area contributed by atoms with Crippen molar-refractivity contribution in [2.75, 3.05) is 55.0 Å². The molecule has 0 spiro atoms. The minimum Gasteiger partial charge on any atom is -0.497 e. The quantitative estimate of drug-likeness (QED) is 0.165. The van der Waals surface area contributed by atoms with Gasteiger partial charge in [-0.2, -0.15) is 5.10 Å². The molecule has 56 heavy (non-hydrogen) atoms. The lowest BCUT2D eigenvalue weighted by Crippen LogP contribution is -2.50. The van der Waals surface area contributed by atoms with Crippen molar-refractivity contribution in [3.8, 4) is 17.2 Å². The standard InChI is InChI=1S/C41H41F2N7O6/c1-40(2,3)56-39(53)48-19-17-47(18-20-48)36-34-33(15-16-44-35(34)50(46-36)23-25-5-12-30(54-4)13-6-25)55-32-14-9-28(21-31(32)43)45-37(51)41-22-26(41)24-49(38(41)52)29-10-7-27(42)8-11-29/h5-16,21,26H,17-20,22-24H2,1-4H3,(H,45,51). The third-order valence-electron chi connectivity index (χ3n) is 10.4. The Labute approximate surface area is 321 Å². The van der Waals surface area contributed by atoms with Gasteiger partial charge >= 0.3 is 6.09 Å². The highest BCUT2D eigenvalue weighted by Gasteiger charge is 2.71. The van der Waals surface area contributed by atoms with Gasteiger partial charge in [0.1, 0.15) is 33.7 Å². The van der Waals surface area contributed by atoms with Crippen LogP contribution in [0.15, 0.2) is 79.0 Å². The van der Waals surface area contributed by atoms with Crippen molar-refractivity contribution in [1.82, 2.24) is 19.7 Å². The van der Waals surface area contributed by atoms with Crippen LogP contribution < -0.4 is 24.6 Å². The Bertz CT molecular complexity index is 2320. The van der Waals surface area contributed by atoms with Crippen LogP contribution in [0.25, 0.3) is 11.0 Å². The third kappa shape index (κ3) is 6.93. The third-order valence-corrected chi connectivity index (χ3v) is 10.4. The Hall–Kier alpha value is -6.25. The minimum atomic E-state index is -1.25. The highest BCUT2D eigenvalue weighted by molar-refractivity contribution is 6.20. The van der Waals surface area contributed by atoms with E-state index in [1.807, 2.05) is 49.9 Å². The van der Waals surface area contributed by atoms with Crippen LogP contribution in [-0.2, 0) is 20.9 Å². The monoisotopic (exact) mass is 765 g/mol. The largest absolute Gasteiger partial charge is 0.497 e. The Kier molecular flexibility index (Phi) is 9.25. The van der Waals surface area contributed by atoms with E-state index in [2.05, 4.69) is 10.3 Å². The Morgan fingerprint density at radius 1 is 0.946 bits per heavy atom. The average molecular weight is 766 g/mol. The number of carbonyl (C=O) groups excluding carboxylic acids is 3. The van der Waals surface area contributed by atoms with E-state index >= 15 is 4.39 Å². The zero-order chi connectivity index (χ0) is 39.4. The lowest BCUT2D eigenvalue weighted by Gasteiger charge is -2.35. The van der Waals surface area contributed by atoms with Crippen molar-refractivity contribution in [1.29, 1.82) is 0 Å². The van der Waals surface area contributed by atoms with Gasteiger partial charge in [-0.1, -0.05) is 12.1 Å². The number of rotatable bonds is 9. The van der Waals surface area contributed by atoms with Crippen LogP contribution in [0.4, 0.5) is 30.8 Å². The van der Waals surface area contributed by atoms with Crippen LogP contribution in [0.3, 0.4) is 0 Å². The molecule has 1 N–H and O–H groups in total. The molecule has 2 unspecified atom stereocenters. The van der Waals surface area contributed by atoms with Gasteiger partial charge in [0.05, 0.1) is 13.7 Å². The number of ether oxygens (including phenoxy) is 3. The highest BCUT2D eigenvalue weighted by atomic mass is 19.1. The lowest BCUT2D eigenvalue weighted by molar-refractivity contribution is -0.131. The number of piperidine rings is 1. The number of aromatic nitrogens is 3. The number of benzene rings is 3. The SMILES string of the molecule is COc1ccc(Cn2nc(N3CCN(C(=O)OC(C)(C)C)CC3)c3c(Oc4ccc(NC(=O)C56CC5CN(c5ccc(F)cc5)C6=O)cc4F)ccnc32)cc1. The maximum Gasteiger partial charge on any atom is 0.410 e. The molecule has 8 rings (SSSR count). The molecule has 13 nitrogen and oxygen atoms in total. The van der Waals surface area contributed by atoms with Crippen LogP contribution in [0, 0.1) is 23.0 Å². The molecule has 2 aliphatic heterocycles. The summed E-state index contributed by atoms with van der Waals surface area (Å²) in [6.07, 6.45) is 1.58.